The number of piperidine rings is 1. The van der Waals surface area contributed by atoms with E-state index in [-0.39, 0.29) is 17.7 Å². The first-order valence-electron chi connectivity index (χ1n) is 10.4. The Kier molecular flexibility index (Phi) is 6.57. The summed E-state index contributed by atoms with van der Waals surface area (Å²) < 4.78 is 5.63. The normalized spacial score (nSPS) is 16.0. The molecule has 7 nitrogen and oxygen atoms in total. The summed E-state index contributed by atoms with van der Waals surface area (Å²) in [6.07, 6.45) is 1.78. The molecule has 1 aromatic heterocycles. The number of hydrogen-bond donors (Lipinski definition) is 1. The van der Waals surface area contributed by atoms with Gasteiger partial charge < -0.3 is 15.0 Å². The molecule has 8 heteroatoms. The lowest BCUT2D eigenvalue weighted by molar-refractivity contribution is 0.0702. The molecule has 0 saturated carbocycles. The number of carbonyl (C=O) groups is 2. The second kappa shape index (κ2) is 9.70. The van der Waals surface area contributed by atoms with E-state index < -0.39 is 0 Å². The number of rotatable bonds is 6. The van der Waals surface area contributed by atoms with Gasteiger partial charge in [0.15, 0.2) is 0 Å². The van der Waals surface area contributed by atoms with E-state index >= 15 is 0 Å². The number of hydrogen-bond acceptors (Lipinski definition) is 6. The van der Waals surface area contributed by atoms with Gasteiger partial charge in [0.2, 0.25) is 5.01 Å². The number of amides is 2. The van der Waals surface area contributed by atoms with Crippen LogP contribution in [0.1, 0.15) is 50.9 Å². The molecule has 31 heavy (non-hydrogen) atoms. The number of benzene rings is 2. The summed E-state index contributed by atoms with van der Waals surface area (Å²) in [5.41, 5.74) is 1.29. The van der Waals surface area contributed by atoms with Crippen LogP contribution in [0.5, 0.6) is 5.75 Å². The molecule has 0 radical (unpaired) electrons. The van der Waals surface area contributed by atoms with Crippen molar-refractivity contribution < 1.29 is 14.3 Å². The van der Waals surface area contributed by atoms with Crippen LogP contribution in [0.4, 0.5) is 5.69 Å². The molecule has 160 valence electrons. The number of aromatic nitrogens is 2. The summed E-state index contributed by atoms with van der Waals surface area (Å²) in [5, 5.41) is 12.3. The molecule has 1 aliphatic heterocycles. The Balaban J connectivity index is 1.44. The van der Waals surface area contributed by atoms with E-state index in [0.29, 0.717) is 41.7 Å². The van der Waals surface area contributed by atoms with Gasteiger partial charge >= 0.3 is 0 Å². The lowest BCUT2D eigenvalue weighted by Gasteiger charge is -2.32. The maximum Gasteiger partial charge on any atom is 0.286 e. The number of likely N-dealkylation sites (tertiary alicyclic amines) is 1. The van der Waals surface area contributed by atoms with E-state index in [4.69, 9.17) is 4.74 Å². The first kappa shape index (κ1) is 21.0. The topological polar surface area (TPSA) is 84.4 Å². The summed E-state index contributed by atoms with van der Waals surface area (Å²) in [6, 6.07) is 16.6. The van der Waals surface area contributed by atoms with Crippen LogP contribution in [-0.2, 0) is 0 Å². The van der Waals surface area contributed by atoms with Crippen molar-refractivity contribution >= 4 is 28.8 Å². The molecule has 2 amide bonds. The van der Waals surface area contributed by atoms with Gasteiger partial charge in [-0.1, -0.05) is 41.7 Å². The first-order chi connectivity index (χ1) is 15.2. The van der Waals surface area contributed by atoms with E-state index in [2.05, 4.69) is 15.5 Å². The SMILES string of the molecule is CCOc1ccccc1C(=O)N1CCC[C@@H](c2nnc(C(=O)Nc3ccccc3)s2)C1. The fourth-order valence-corrected chi connectivity index (χ4v) is 4.52. The quantitative estimate of drug-likeness (QED) is 0.626. The molecule has 1 aliphatic rings. The third kappa shape index (κ3) is 4.91. The van der Waals surface area contributed by atoms with Gasteiger partial charge in [-0.05, 0) is 44.0 Å². The Bertz CT molecular complexity index is 1050. The van der Waals surface area contributed by atoms with Crippen LogP contribution >= 0.6 is 11.3 Å². The maximum atomic E-state index is 13.1. The minimum atomic E-state index is -0.274. The Morgan fingerprint density at radius 1 is 1.13 bits per heavy atom. The third-order valence-electron chi connectivity index (χ3n) is 5.14. The molecule has 3 aromatic rings. The summed E-state index contributed by atoms with van der Waals surface area (Å²) in [5.74, 6) is 0.352. The number of anilines is 1. The standard InChI is InChI=1S/C23H24N4O3S/c1-2-30-19-13-7-6-12-18(19)23(29)27-14-8-9-16(15-27)21-25-26-22(31-21)20(28)24-17-10-4-3-5-11-17/h3-7,10-13,16H,2,8-9,14-15H2,1H3,(H,24,28)/t16-/m1/s1. The molecule has 0 spiro atoms. The van der Waals surface area contributed by atoms with Crippen LogP contribution < -0.4 is 10.1 Å². The number of para-hydroxylation sites is 2. The molecule has 0 unspecified atom stereocenters. The van der Waals surface area contributed by atoms with Gasteiger partial charge in [-0.3, -0.25) is 9.59 Å². The lowest BCUT2D eigenvalue weighted by Crippen LogP contribution is -2.39. The zero-order valence-electron chi connectivity index (χ0n) is 17.3. The van der Waals surface area contributed by atoms with Crippen molar-refractivity contribution in [2.75, 3.05) is 25.0 Å². The van der Waals surface area contributed by atoms with Gasteiger partial charge in [-0.25, -0.2) is 0 Å². The summed E-state index contributed by atoms with van der Waals surface area (Å²) in [6.45, 7) is 3.65. The molecule has 0 aliphatic carbocycles. The fourth-order valence-electron chi connectivity index (χ4n) is 3.66. The summed E-state index contributed by atoms with van der Waals surface area (Å²) >= 11 is 1.29. The predicted molar refractivity (Wildman–Crippen MR) is 120 cm³/mol. The molecule has 2 heterocycles. The van der Waals surface area contributed by atoms with Crippen LogP contribution in [0, 0.1) is 0 Å². The Morgan fingerprint density at radius 2 is 1.90 bits per heavy atom. The highest BCUT2D eigenvalue weighted by Crippen LogP contribution is 2.31. The Hall–Kier alpha value is -3.26. The van der Waals surface area contributed by atoms with Crippen molar-refractivity contribution in [3.8, 4) is 5.75 Å². The summed E-state index contributed by atoms with van der Waals surface area (Å²) in [4.78, 5) is 27.5. The molecule has 1 fully saturated rings. The molecule has 1 saturated heterocycles. The second-order valence-electron chi connectivity index (χ2n) is 7.29. The van der Waals surface area contributed by atoms with Gasteiger partial charge in [-0.2, -0.15) is 0 Å². The molecular weight excluding hydrogens is 412 g/mol. The number of ether oxygens (including phenoxy) is 1. The largest absolute Gasteiger partial charge is 0.493 e. The molecule has 1 N–H and O–H groups in total. The monoisotopic (exact) mass is 436 g/mol. The van der Waals surface area contributed by atoms with Crippen LogP contribution in [0.15, 0.2) is 54.6 Å². The lowest BCUT2D eigenvalue weighted by atomic mass is 9.98. The van der Waals surface area contributed by atoms with Crippen molar-refractivity contribution in [2.45, 2.75) is 25.7 Å². The maximum absolute atomic E-state index is 13.1. The number of carbonyl (C=O) groups excluding carboxylic acids is 2. The smallest absolute Gasteiger partial charge is 0.286 e. The van der Waals surface area contributed by atoms with Crippen LogP contribution in [0.3, 0.4) is 0 Å². The molecule has 0 bridgehead atoms. The highest BCUT2D eigenvalue weighted by molar-refractivity contribution is 7.13. The minimum absolute atomic E-state index is 0.0414. The summed E-state index contributed by atoms with van der Waals surface area (Å²) in [7, 11) is 0. The molecule has 4 rings (SSSR count). The fraction of sp³-hybridized carbons (Fsp3) is 0.304. The van der Waals surface area contributed by atoms with Crippen LogP contribution in [-0.4, -0.2) is 46.6 Å². The van der Waals surface area contributed by atoms with E-state index in [0.717, 1.165) is 17.8 Å². The second-order valence-corrected chi connectivity index (χ2v) is 8.29. The predicted octanol–water partition coefficient (Wildman–Crippen LogP) is 4.21. The van der Waals surface area contributed by atoms with Crippen molar-refractivity contribution in [2.24, 2.45) is 0 Å². The van der Waals surface area contributed by atoms with Gasteiger partial charge in [0.1, 0.15) is 10.8 Å². The number of nitrogens with zero attached hydrogens (tertiary/aromatic N) is 3. The van der Waals surface area contributed by atoms with Gasteiger partial charge in [0.05, 0.1) is 12.2 Å². The van der Waals surface area contributed by atoms with Gasteiger partial charge in [0, 0.05) is 24.7 Å². The van der Waals surface area contributed by atoms with Gasteiger partial charge in [0.25, 0.3) is 11.8 Å². The minimum Gasteiger partial charge on any atom is -0.493 e. The number of nitrogens with one attached hydrogen (secondary N) is 1. The highest BCUT2D eigenvalue weighted by Gasteiger charge is 2.29. The van der Waals surface area contributed by atoms with Crippen LogP contribution in [0.25, 0.3) is 0 Å². The highest BCUT2D eigenvalue weighted by atomic mass is 32.1. The average molecular weight is 437 g/mol. The average Bonchev–Trinajstić information content (AvgIpc) is 3.31. The van der Waals surface area contributed by atoms with Crippen LogP contribution in [0.2, 0.25) is 0 Å². The molecular formula is C23H24N4O3S. The Morgan fingerprint density at radius 3 is 2.71 bits per heavy atom. The molecule has 2 aromatic carbocycles. The Labute approximate surface area is 185 Å². The first-order valence-corrected chi connectivity index (χ1v) is 11.2. The van der Waals surface area contributed by atoms with E-state index in [1.807, 2.05) is 60.4 Å². The third-order valence-corrected chi connectivity index (χ3v) is 6.23. The molecule has 1 atom stereocenters. The van der Waals surface area contributed by atoms with Crippen molar-refractivity contribution in [1.29, 1.82) is 0 Å². The van der Waals surface area contributed by atoms with Crippen molar-refractivity contribution in [3.63, 3.8) is 0 Å². The zero-order valence-corrected chi connectivity index (χ0v) is 18.1. The van der Waals surface area contributed by atoms with E-state index in [1.54, 1.807) is 6.07 Å². The van der Waals surface area contributed by atoms with Crippen molar-refractivity contribution in [1.82, 2.24) is 15.1 Å². The van der Waals surface area contributed by atoms with Crippen molar-refractivity contribution in [3.05, 3.63) is 70.2 Å². The van der Waals surface area contributed by atoms with E-state index in [9.17, 15) is 9.59 Å². The zero-order chi connectivity index (χ0) is 21.6. The van der Waals surface area contributed by atoms with Gasteiger partial charge in [-0.15, -0.1) is 10.2 Å². The van der Waals surface area contributed by atoms with E-state index in [1.165, 1.54) is 11.3 Å².